The van der Waals surface area contributed by atoms with Crippen molar-refractivity contribution in [2.75, 3.05) is 46.5 Å². The lowest BCUT2D eigenvalue weighted by Crippen LogP contribution is -2.34. The monoisotopic (exact) mass is 298 g/mol. The van der Waals surface area contributed by atoms with E-state index < -0.39 is 0 Å². The molecule has 21 heavy (non-hydrogen) atoms. The number of methoxy groups -OCH3 is 1. The second kappa shape index (κ2) is 10.7. The standard InChI is InChI=1S/C16H27FN2O2/c1-3-18-16(14-5-4-6-15(17)13-14)7-8-19(9-11-20)10-12-21-2/h4-6,13,16,18,20H,3,7-12H2,1-2H3. The fourth-order valence-electron chi connectivity index (χ4n) is 2.37. The summed E-state index contributed by atoms with van der Waals surface area (Å²) in [7, 11) is 1.67. The number of rotatable bonds is 11. The van der Waals surface area contributed by atoms with E-state index in [9.17, 15) is 4.39 Å². The van der Waals surface area contributed by atoms with Gasteiger partial charge in [-0.15, -0.1) is 0 Å². The second-order valence-electron chi connectivity index (χ2n) is 5.01. The summed E-state index contributed by atoms with van der Waals surface area (Å²) in [5.41, 5.74) is 0.965. The van der Waals surface area contributed by atoms with Crippen molar-refractivity contribution in [2.45, 2.75) is 19.4 Å². The molecule has 2 N–H and O–H groups in total. The van der Waals surface area contributed by atoms with Gasteiger partial charge >= 0.3 is 0 Å². The molecule has 5 heteroatoms. The van der Waals surface area contributed by atoms with Crippen LogP contribution in [-0.2, 0) is 4.74 Å². The average Bonchev–Trinajstić information content (AvgIpc) is 2.48. The Hall–Kier alpha value is -1.01. The van der Waals surface area contributed by atoms with Crippen molar-refractivity contribution in [2.24, 2.45) is 0 Å². The van der Waals surface area contributed by atoms with E-state index in [0.29, 0.717) is 13.2 Å². The second-order valence-corrected chi connectivity index (χ2v) is 5.01. The molecule has 0 amide bonds. The number of aliphatic hydroxyl groups excluding tert-OH is 1. The van der Waals surface area contributed by atoms with Crippen molar-refractivity contribution in [3.63, 3.8) is 0 Å². The Bertz CT molecular complexity index is 390. The zero-order valence-electron chi connectivity index (χ0n) is 13.0. The molecule has 0 fully saturated rings. The van der Waals surface area contributed by atoms with Gasteiger partial charge in [0.05, 0.1) is 13.2 Å². The van der Waals surface area contributed by atoms with E-state index in [1.165, 1.54) is 6.07 Å². The molecule has 0 saturated carbocycles. The number of hydrogen-bond donors (Lipinski definition) is 2. The van der Waals surface area contributed by atoms with Gasteiger partial charge in [-0.1, -0.05) is 19.1 Å². The molecular weight excluding hydrogens is 271 g/mol. The van der Waals surface area contributed by atoms with Crippen LogP contribution < -0.4 is 5.32 Å². The maximum atomic E-state index is 13.4. The quantitative estimate of drug-likeness (QED) is 0.654. The van der Waals surface area contributed by atoms with Gasteiger partial charge in [0.25, 0.3) is 0 Å². The van der Waals surface area contributed by atoms with Gasteiger partial charge in [0.1, 0.15) is 5.82 Å². The van der Waals surface area contributed by atoms with Crippen LogP contribution in [0.3, 0.4) is 0 Å². The Morgan fingerprint density at radius 1 is 1.33 bits per heavy atom. The zero-order valence-corrected chi connectivity index (χ0v) is 13.0. The molecule has 120 valence electrons. The molecule has 0 saturated heterocycles. The summed E-state index contributed by atoms with van der Waals surface area (Å²) in [5, 5.41) is 12.5. The van der Waals surface area contributed by atoms with Crippen LogP contribution in [0.1, 0.15) is 24.9 Å². The number of nitrogens with one attached hydrogen (secondary N) is 1. The van der Waals surface area contributed by atoms with Gasteiger partial charge in [-0.3, -0.25) is 4.90 Å². The number of hydrogen-bond acceptors (Lipinski definition) is 4. The minimum absolute atomic E-state index is 0.120. The minimum atomic E-state index is -0.206. The highest BCUT2D eigenvalue weighted by Crippen LogP contribution is 2.18. The van der Waals surface area contributed by atoms with Gasteiger partial charge < -0.3 is 15.2 Å². The Balaban J connectivity index is 2.60. The smallest absolute Gasteiger partial charge is 0.123 e. The molecule has 0 aliphatic carbocycles. The third kappa shape index (κ3) is 7.00. The summed E-state index contributed by atoms with van der Waals surface area (Å²) in [4.78, 5) is 2.16. The summed E-state index contributed by atoms with van der Waals surface area (Å²) < 4.78 is 18.5. The summed E-state index contributed by atoms with van der Waals surface area (Å²) in [6.45, 7) is 5.91. The van der Waals surface area contributed by atoms with Crippen LogP contribution in [0.15, 0.2) is 24.3 Å². The fourth-order valence-corrected chi connectivity index (χ4v) is 2.37. The Kier molecular flexibility index (Phi) is 9.17. The maximum Gasteiger partial charge on any atom is 0.123 e. The Morgan fingerprint density at radius 3 is 2.76 bits per heavy atom. The zero-order chi connectivity index (χ0) is 15.5. The van der Waals surface area contributed by atoms with Crippen LogP contribution in [-0.4, -0.2) is 56.5 Å². The highest BCUT2D eigenvalue weighted by atomic mass is 19.1. The van der Waals surface area contributed by atoms with Crippen LogP contribution in [0.2, 0.25) is 0 Å². The van der Waals surface area contributed by atoms with Gasteiger partial charge in [0, 0.05) is 32.8 Å². The SMILES string of the molecule is CCNC(CCN(CCO)CCOC)c1cccc(F)c1. The summed E-state index contributed by atoms with van der Waals surface area (Å²) >= 11 is 0. The van der Waals surface area contributed by atoms with E-state index >= 15 is 0 Å². The predicted octanol–water partition coefficient (Wildman–Crippen LogP) is 1.81. The summed E-state index contributed by atoms with van der Waals surface area (Å²) in [5.74, 6) is -0.206. The number of nitrogens with zero attached hydrogens (tertiary/aromatic N) is 1. The molecule has 4 nitrogen and oxygen atoms in total. The first-order valence-corrected chi connectivity index (χ1v) is 7.52. The summed E-state index contributed by atoms with van der Waals surface area (Å²) in [6, 6.07) is 6.85. The third-order valence-corrected chi connectivity index (χ3v) is 3.46. The van der Waals surface area contributed by atoms with E-state index in [4.69, 9.17) is 9.84 Å². The number of ether oxygens (including phenoxy) is 1. The van der Waals surface area contributed by atoms with Crippen LogP contribution in [0.25, 0.3) is 0 Å². The van der Waals surface area contributed by atoms with Crippen molar-refractivity contribution in [3.8, 4) is 0 Å². The van der Waals surface area contributed by atoms with Crippen molar-refractivity contribution >= 4 is 0 Å². The molecule has 1 aromatic rings. The van der Waals surface area contributed by atoms with Crippen LogP contribution in [0.4, 0.5) is 4.39 Å². The predicted molar refractivity (Wildman–Crippen MR) is 82.8 cm³/mol. The van der Waals surface area contributed by atoms with E-state index in [1.807, 2.05) is 13.0 Å². The molecule has 0 aromatic heterocycles. The highest BCUT2D eigenvalue weighted by Gasteiger charge is 2.13. The molecule has 0 aliphatic heterocycles. The molecule has 0 heterocycles. The van der Waals surface area contributed by atoms with E-state index in [0.717, 1.165) is 31.6 Å². The summed E-state index contributed by atoms with van der Waals surface area (Å²) in [6.07, 6.45) is 0.862. The molecular formula is C16H27FN2O2. The molecule has 0 spiro atoms. The molecule has 1 aromatic carbocycles. The van der Waals surface area contributed by atoms with Crippen molar-refractivity contribution in [1.82, 2.24) is 10.2 Å². The Morgan fingerprint density at radius 2 is 2.14 bits per heavy atom. The number of aliphatic hydroxyl groups is 1. The van der Waals surface area contributed by atoms with Crippen LogP contribution >= 0.6 is 0 Å². The Labute approximate surface area is 126 Å². The fraction of sp³-hybridized carbons (Fsp3) is 0.625. The molecule has 0 radical (unpaired) electrons. The van der Waals surface area contributed by atoms with Crippen molar-refractivity contribution in [1.29, 1.82) is 0 Å². The van der Waals surface area contributed by atoms with Gasteiger partial charge in [-0.25, -0.2) is 4.39 Å². The van der Waals surface area contributed by atoms with Gasteiger partial charge in [-0.2, -0.15) is 0 Å². The first-order chi connectivity index (χ1) is 10.2. The average molecular weight is 298 g/mol. The largest absolute Gasteiger partial charge is 0.395 e. The lowest BCUT2D eigenvalue weighted by Gasteiger charge is -2.25. The molecule has 0 aliphatic rings. The topological polar surface area (TPSA) is 44.7 Å². The normalized spacial score (nSPS) is 12.8. The van der Waals surface area contributed by atoms with Gasteiger partial charge in [-0.05, 0) is 30.7 Å². The third-order valence-electron chi connectivity index (χ3n) is 3.46. The molecule has 1 unspecified atom stereocenters. The number of benzene rings is 1. The first kappa shape index (κ1) is 18.0. The maximum absolute atomic E-state index is 13.4. The van der Waals surface area contributed by atoms with Gasteiger partial charge in [0.15, 0.2) is 0 Å². The van der Waals surface area contributed by atoms with Crippen molar-refractivity contribution < 1.29 is 14.2 Å². The first-order valence-electron chi connectivity index (χ1n) is 7.52. The van der Waals surface area contributed by atoms with Crippen LogP contribution in [0.5, 0.6) is 0 Å². The van der Waals surface area contributed by atoms with E-state index in [-0.39, 0.29) is 18.5 Å². The lowest BCUT2D eigenvalue weighted by atomic mass is 10.0. The van der Waals surface area contributed by atoms with Gasteiger partial charge in [0.2, 0.25) is 0 Å². The molecule has 1 rings (SSSR count). The number of halogens is 1. The minimum Gasteiger partial charge on any atom is -0.395 e. The van der Waals surface area contributed by atoms with E-state index in [2.05, 4.69) is 10.2 Å². The molecule has 1 atom stereocenters. The van der Waals surface area contributed by atoms with Crippen LogP contribution in [0, 0.1) is 5.82 Å². The van der Waals surface area contributed by atoms with E-state index in [1.54, 1.807) is 19.2 Å². The molecule has 0 bridgehead atoms. The van der Waals surface area contributed by atoms with Crippen molar-refractivity contribution in [3.05, 3.63) is 35.6 Å². The highest BCUT2D eigenvalue weighted by molar-refractivity contribution is 5.20. The lowest BCUT2D eigenvalue weighted by molar-refractivity contribution is 0.127.